The lowest BCUT2D eigenvalue weighted by Gasteiger charge is -2.32. The van der Waals surface area contributed by atoms with E-state index in [1.165, 1.54) is 0 Å². The number of aliphatic hydroxyl groups excluding tert-OH is 1. The van der Waals surface area contributed by atoms with Gasteiger partial charge in [-0.3, -0.25) is 0 Å². The first-order valence-corrected chi connectivity index (χ1v) is 5.04. The molecule has 0 radical (unpaired) electrons. The molecule has 13 heavy (non-hydrogen) atoms. The predicted molar refractivity (Wildman–Crippen MR) is 55.7 cm³/mol. The molecule has 0 heterocycles. The highest BCUT2D eigenvalue weighted by Gasteiger charge is 2.25. The van der Waals surface area contributed by atoms with Crippen LogP contribution in [0.15, 0.2) is 0 Å². The minimum absolute atomic E-state index is 0.203. The summed E-state index contributed by atoms with van der Waals surface area (Å²) in [7, 11) is 0. The van der Waals surface area contributed by atoms with E-state index in [2.05, 4.69) is 34.6 Å². The second-order valence-corrected chi connectivity index (χ2v) is 5.04. The van der Waals surface area contributed by atoms with Gasteiger partial charge in [0.2, 0.25) is 0 Å². The fourth-order valence-corrected chi connectivity index (χ4v) is 1.14. The SMILES string of the molecule is CC(OC[C@H](C)O)C(C)C(C)(C)C. The number of aliphatic hydroxyl groups is 1. The summed E-state index contributed by atoms with van der Waals surface area (Å²) in [6.45, 7) is 13.1. The monoisotopic (exact) mass is 188 g/mol. The van der Waals surface area contributed by atoms with Gasteiger partial charge in [0.25, 0.3) is 0 Å². The smallest absolute Gasteiger partial charge is 0.0745 e. The van der Waals surface area contributed by atoms with Gasteiger partial charge in [0.1, 0.15) is 0 Å². The molecule has 0 rings (SSSR count). The van der Waals surface area contributed by atoms with Crippen molar-refractivity contribution in [1.29, 1.82) is 0 Å². The predicted octanol–water partition coefficient (Wildman–Crippen LogP) is 2.45. The van der Waals surface area contributed by atoms with Gasteiger partial charge in [-0.1, -0.05) is 27.7 Å². The van der Waals surface area contributed by atoms with E-state index in [0.29, 0.717) is 12.5 Å². The molecule has 0 amide bonds. The van der Waals surface area contributed by atoms with Crippen LogP contribution in [0.25, 0.3) is 0 Å². The van der Waals surface area contributed by atoms with Crippen molar-refractivity contribution in [2.45, 2.75) is 53.8 Å². The molecule has 0 spiro atoms. The van der Waals surface area contributed by atoms with Crippen LogP contribution in [0.5, 0.6) is 0 Å². The molecule has 0 aliphatic heterocycles. The fraction of sp³-hybridized carbons (Fsp3) is 1.00. The summed E-state index contributed by atoms with van der Waals surface area (Å²) in [5.41, 5.74) is 0.262. The Hall–Kier alpha value is -0.0800. The Morgan fingerprint density at radius 3 is 1.92 bits per heavy atom. The molecule has 1 N–H and O–H groups in total. The molecule has 0 aromatic carbocycles. The molecule has 2 unspecified atom stereocenters. The molecule has 0 aromatic rings. The first kappa shape index (κ1) is 12.9. The van der Waals surface area contributed by atoms with E-state index in [1.54, 1.807) is 6.92 Å². The van der Waals surface area contributed by atoms with Gasteiger partial charge in [-0.05, 0) is 25.2 Å². The van der Waals surface area contributed by atoms with E-state index in [-0.39, 0.29) is 17.6 Å². The van der Waals surface area contributed by atoms with Gasteiger partial charge < -0.3 is 9.84 Å². The fourth-order valence-electron chi connectivity index (χ4n) is 1.14. The Bertz CT molecular complexity index is 136. The zero-order valence-corrected chi connectivity index (χ0v) is 9.79. The lowest BCUT2D eigenvalue weighted by atomic mass is 9.79. The molecule has 2 nitrogen and oxygen atoms in total. The highest BCUT2D eigenvalue weighted by Crippen LogP contribution is 2.29. The Labute approximate surface area is 82.3 Å². The molecule has 0 bridgehead atoms. The van der Waals surface area contributed by atoms with Gasteiger partial charge in [0.05, 0.1) is 18.8 Å². The topological polar surface area (TPSA) is 29.5 Å². The van der Waals surface area contributed by atoms with Crippen molar-refractivity contribution in [3.63, 3.8) is 0 Å². The summed E-state index contributed by atoms with van der Waals surface area (Å²) in [6.07, 6.45) is -0.163. The third kappa shape index (κ3) is 5.27. The summed E-state index contributed by atoms with van der Waals surface area (Å²) in [5, 5.41) is 9.06. The Morgan fingerprint density at radius 2 is 1.62 bits per heavy atom. The summed E-state index contributed by atoms with van der Waals surface area (Å²) in [5.74, 6) is 0.492. The van der Waals surface area contributed by atoms with E-state index >= 15 is 0 Å². The first-order valence-electron chi connectivity index (χ1n) is 5.04. The molecule has 0 aliphatic rings. The summed E-state index contributed by atoms with van der Waals surface area (Å²) < 4.78 is 5.54. The minimum Gasteiger partial charge on any atom is -0.391 e. The number of hydrogen-bond donors (Lipinski definition) is 1. The number of rotatable bonds is 4. The zero-order chi connectivity index (χ0) is 10.6. The molecule has 80 valence electrons. The zero-order valence-electron chi connectivity index (χ0n) is 9.79. The van der Waals surface area contributed by atoms with Crippen LogP contribution in [0.1, 0.15) is 41.5 Å². The van der Waals surface area contributed by atoms with Crippen LogP contribution in [-0.4, -0.2) is 23.9 Å². The Morgan fingerprint density at radius 1 is 1.15 bits per heavy atom. The highest BCUT2D eigenvalue weighted by atomic mass is 16.5. The van der Waals surface area contributed by atoms with Crippen molar-refractivity contribution < 1.29 is 9.84 Å². The van der Waals surface area contributed by atoms with Crippen LogP contribution >= 0.6 is 0 Å². The van der Waals surface area contributed by atoms with E-state index in [4.69, 9.17) is 9.84 Å². The molecule has 0 aliphatic carbocycles. The van der Waals surface area contributed by atoms with Crippen LogP contribution in [0.3, 0.4) is 0 Å². The van der Waals surface area contributed by atoms with Gasteiger partial charge >= 0.3 is 0 Å². The summed E-state index contributed by atoms with van der Waals surface area (Å²) >= 11 is 0. The second kappa shape index (κ2) is 4.97. The summed E-state index contributed by atoms with van der Waals surface area (Å²) in [6, 6.07) is 0. The van der Waals surface area contributed by atoms with Crippen LogP contribution in [0.2, 0.25) is 0 Å². The Kier molecular flexibility index (Phi) is 4.93. The van der Waals surface area contributed by atoms with E-state index in [1.807, 2.05) is 0 Å². The van der Waals surface area contributed by atoms with Gasteiger partial charge in [-0.2, -0.15) is 0 Å². The minimum atomic E-state index is -0.366. The van der Waals surface area contributed by atoms with E-state index in [9.17, 15) is 0 Å². The van der Waals surface area contributed by atoms with Crippen molar-refractivity contribution in [3.05, 3.63) is 0 Å². The van der Waals surface area contributed by atoms with E-state index in [0.717, 1.165) is 0 Å². The van der Waals surface area contributed by atoms with Crippen LogP contribution in [-0.2, 0) is 4.74 Å². The molecule has 0 aromatic heterocycles. The van der Waals surface area contributed by atoms with E-state index < -0.39 is 0 Å². The van der Waals surface area contributed by atoms with Crippen LogP contribution in [0.4, 0.5) is 0 Å². The average Bonchev–Trinajstić information content (AvgIpc) is 1.96. The quantitative estimate of drug-likeness (QED) is 0.734. The molecule has 0 saturated carbocycles. The van der Waals surface area contributed by atoms with Crippen molar-refractivity contribution in [1.82, 2.24) is 0 Å². The standard InChI is InChI=1S/C11H24O2/c1-8(12)7-13-10(3)9(2)11(4,5)6/h8-10,12H,7H2,1-6H3/t8-,9?,10?/m0/s1. The number of hydrogen-bond acceptors (Lipinski definition) is 2. The summed E-state index contributed by atoms with van der Waals surface area (Å²) in [4.78, 5) is 0. The average molecular weight is 188 g/mol. The maximum atomic E-state index is 9.06. The van der Waals surface area contributed by atoms with Crippen molar-refractivity contribution in [3.8, 4) is 0 Å². The molecule has 2 heteroatoms. The van der Waals surface area contributed by atoms with Crippen LogP contribution in [0, 0.1) is 11.3 Å². The molecule has 3 atom stereocenters. The maximum Gasteiger partial charge on any atom is 0.0745 e. The second-order valence-electron chi connectivity index (χ2n) is 5.04. The third-order valence-electron chi connectivity index (χ3n) is 2.67. The van der Waals surface area contributed by atoms with Crippen molar-refractivity contribution in [2.75, 3.05) is 6.61 Å². The lowest BCUT2D eigenvalue weighted by Crippen LogP contribution is -2.31. The first-order chi connectivity index (χ1) is 5.75. The molecular weight excluding hydrogens is 164 g/mol. The number of ether oxygens (including phenoxy) is 1. The molecule has 0 saturated heterocycles. The highest BCUT2D eigenvalue weighted by molar-refractivity contribution is 4.75. The normalized spacial score (nSPS) is 19.6. The lowest BCUT2D eigenvalue weighted by molar-refractivity contribution is -0.0398. The third-order valence-corrected chi connectivity index (χ3v) is 2.67. The van der Waals surface area contributed by atoms with Gasteiger partial charge in [0, 0.05) is 0 Å². The van der Waals surface area contributed by atoms with Gasteiger partial charge in [-0.25, -0.2) is 0 Å². The Balaban J connectivity index is 3.90. The maximum absolute atomic E-state index is 9.06. The molecular formula is C11H24O2. The van der Waals surface area contributed by atoms with Crippen molar-refractivity contribution >= 4 is 0 Å². The van der Waals surface area contributed by atoms with Gasteiger partial charge in [0.15, 0.2) is 0 Å². The van der Waals surface area contributed by atoms with Crippen molar-refractivity contribution in [2.24, 2.45) is 11.3 Å². The largest absolute Gasteiger partial charge is 0.391 e. The van der Waals surface area contributed by atoms with Crippen LogP contribution < -0.4 is 0 Å². The van der Waals surface area contributed by atoms with Gasteiger partial charge in [-0.15, -0.1) is 0 Å². The molecule has 0 fully saturated rings.